The summed E-state index contributed by atoms with van der Waals surface area (Å²) in [5.41, 5.74) is 14.0. The van der Waals surface area contributed by atoms with Crippen LogP contribution in [-0.2, 0) is 6.54 Å². The number of imidazole rings is 1. The van der Waals surface area contributed by atoms with Gasteiger partial charge in [0.1, 0.15) is 5.82 Å². The van der Waals surface area contributed by atoms with E-state index in [0.29, 0.717) is 11.4 Å². The van der Waals surface area contributed by atoms with E-state index in [1.807, 2.05) is 16.8 Å². The van der Waals surface area contributed by atoms with E-state index in [1.165, 1.54) is 23.1 Å². The molecule has 0 saturated carbocycles. The van der Waals surface area contributed by atoms with Crippen LogP contribution in [0.25, 0.3) is 20.5 Å². The molecule has 0 bridgehead atoms. The Morgan fingerprint density at radius 2 is 2.04 bits per heavy atom. The molecule has 4 rings (SSSR count). The van der Waals surface area contributed by atoms with E-state index >= 15 is 0 Å². The number of nitrogens with zero attached hydrogens (tertiary/aromatic N) is 3. The normalized spacial score (nSPS) is 11.0. The Morgan fingerprint density at radius 1 is 1.24 bits per heavy atom. The number of benzene rings is 1. The molecule has 0 atom stereocenters. The number of hydrogen-bond donors (Lipinski definition) is 2. The molecule has 0 fully saturated rings. The minimum Gasteiger partial charge on any atom is -0.383 e. The second kappa shape index (κ2) is 6.03. The molecule has 1 amide bonds. The van der Waals surface area contributed by atoms with Gasteiger partial charge >= 0.3 is 0 Å². The Labute approximate surface area is 147 Å². The molecule has 0 unspecified atom stereocenters. The number of anilines is 1. The average molecular weight is 349 g/mol. The number of primary amides is 1. The van der Waals surface area contributed by atoms with E-state index in [9.17, 15) is 4.79 Å². The topological polar surface area (TPSA) is 99.8 Å². The minimum atomic E-state index is -0.499. The molecule has 7 heteroatoms. The average Bonchev–Trinajstić information content (AvgIpc) is 3.25. The standard InChI is InChI=1S/C18H15N5OS/c19-17-13-7-15(25-16(13)14(8-22-17)18(20)24)12-3-1-11(2-4-12)9-23-6-5-21-10-23/h1-8,10H,9H2,(H2,19,22)(H2,20,24). The van der Waals surface area contributed by atoms with Crippen LogP contribution in [0.1, 0.15) is 15.9 Å². The van der Waals surface area contributed by atoms with Gasteiger partial charge in [0.2, 0.25) is 0 Å². The summed E-state index contributed by atoms with van der Waals surface area (Å²) < 4.78 is 2.79. The maximum absolute atomic E-state index is 11.6. The lowest BCUT2D eigenvalue weighted by Crippen LogP contribution is -2.11. The van der Waals surface area contributed by atoms with Gasteiger partial charge in [-0.25, -0.2) is 9.97 Å². The van der Waals surface area contributed by atoms with Crippen LogP contribution in [0.15, 0.2) is 55.2 Å². The highest BCUT2D eigenvalue weighted by Crippen LogP contribution is 2.37. The molecule has 0 aliphatic heterocycles. The Kier molecular flexibility index (Phi) is 3.70. The van der Waals surface area contributed by atoms with Crippen molar-refractivity contribution in [3.63, 3.8) is 0 Å². The van der Waals surface area contributed by atoms with Gasteiger partial charge in [0.05, 0.1) is 16.6 Å². The summed E-state index contributed by atoms with van der Waals surface area (Å²) >= 11 is 1.49. The van der Waals surface area contributed by atoms with Crippen LogP contribution in [0.5, 0.6) is 0 Å². The third-order valence-corrected chi connectivity index (χ3v) is 5.23. The van der Waals surface area contributed by atoms with Crippen LogP contribution in [-0.4, -0.2) is 20.4 Å². The third kappa shape index (κ3) is 2.85. The molecule has 4 aromatic rings. The smallest absolute Gasteiger partial charge is 0.251 e. The Morgan fingerprint density at radius 3 is 2.72 bits per heavy atom. The second-order valence-corrected chi connectivity index (χ2v) is 6.76. The van der Waals surface area contributed by atoms with Gasteiger partial charge in [-0.15, -0.1) is 11.3 Å². The summed E-state index contributed by atoms with van der Waals surface area (Å²) in [5, 5.41) is 0.763. The lowest BCUT2D eigenvalue weighted by Gasteiger charge is -2.03. The van der Waals surface area contributed by atoms with Gasteiger partial charge in [0, 0.05) is 35.4 Å². The quantitative estimate of drug-likeness (QED) is 0.591. The lowest BCUT2D eigenvalue weighted by atomic mass is 10.1. The van der Waals surface area contributed by atoms with Gasteiger partial charge in [-0.1, -0.05) is 24.3 Å². The van der Waals surface area contributed by atoms with E-state index in [2.05, 4.69) is 34.2 Å². The maximum atomic E-state index is 11.6. The molecule has 0 aliphatic rings. The number of carbonyl (C=O) groups excluding carboxylic acids is 1. The molecule has 3 heterocycles. The van der Waals surface area contributed by atoms with E-state index in [0.717, 1.165) is 27.1 Å². The van der Waals surface area contributed by atoms with E-state index in [1.54, 1.807) is 12.5 Å². The highest BCUT2D eigenvalue weighted by molar-refractivity contribution is 7.22. The van der Waals surface area contributed by atoms with Gasteiger partial charge < -0.3 is 16.0 Å². The van der Waals surface area contributed by atoms with Crippen molar-refractivity contribution in [1.29, 1.82) is 0 Å². The highest BCUT2D eigenvalue weighted by Gasteiger charge is 2.14. The Bertz CT molecular complexity index is 1050. The molecule has 6 nitrogen and oxygen atoms in total. The first kappa shape index (κ1) is 15.3. The SMILES string of the molecule is NC(=O)c1cnc(N)c2cc(-c3ccc(Cn4ccnc4)cc3)sc12. The fourth-order valence-corrected chi connectivity index (χ4v) is 3.91. The van der Waals surface area contributed by atoms with Gasteiger partial charge in [0.15, 0.2) is 0 Å². The zero-order chi connectivity index (χ0) is 17.4. The zero-order valence-electron chi connectivity index (χ0n) is 13.2. The molecule has 0 saturated heterocycles. The zero-order valence-corrected chi connectivity index (χ0v) is 14.0. The molecule has 0 radical (unpaired) electrons. The van der Waals surface area contributed by atoms with Crippen LogP contribution >= 0.6 is 11.3 Å². The summed E-state index contributed by atoms with van der Waals surface area (Å²) in [5.74, 6) is -0.0965. The predicted octanol–water partition coefficient (Wildman–Crippen LogP) is 2.89. The molecular formula is C18H15N5OS. The van der Waals surface area contributed by atoms with Crippen LogP contribution in [0.3, 0.4) is 0 Å². The fourth-order valence-electron chi connectivity index (χ4n) is 2.73. The predicted molar refractivity (Wildman–Crippen MR) is 99.3 cm³/mol. The fraction of sp³-hybridized carbons (Fsp3) is 0.0556. The van der Waals surface area contributed by atoms with E-state index in [4.69, 9.17) is 11.5 Å². The van der Waals surface area contributed by atoms with Gasteiger partial charge in [0.25, 0.3) is 5.91 Å². The van der Waals surface area contributed by atoms with Crippen LogP contribution in [0.2, 0.25) is 0 Å². The molecule has 4 N–H and O–H groups in total. The van der Waals surface area contributed by atoms with Gasteiger partial charge in [-0.2, -0.15) is 0 Å². The van der Waals surface area contributed by atoms with Crippen molar-refractivity contribution in [1.82, 2.24) is 14.5 Å². The van der Waals surface area contributed by atoms with Crippen LogP contribution < -0.4 is 11.5 Å². The number of nitrogens with two attached hydrogens (primary N) is 2. The Balaban J connectivity index is 1.71. The molecule has 124 valence electrons. The number of hydrogen-bond acceptors (Lipinski definition) is 5. The lowest BCUT2D eigenvalue weighted by molar-refractivity contribution is 0.100. The van der Waals surface area contributed by atoms with Crippen molar-refractivity contribution >= 4 is 33.1 Å². The van der Waals surface area contributed by atoms with Gasteiger partial charge in [-0.05, 0) is 17.2 Å². The molecular weight excluding hydrogens is 334 g/mol. The summed E-state index contributed by atoms with van der Waals surface area (Å²) in [6.07, 6.45) is 6.93. The Hall–Kier alpha value is -3.19. The third-order valence-electron chi connectivity index (χ3n) is 4.01. The first-order valence-electron chi connectivity index (χ1n) is 7.64. The number of amides is 1. The van der Waals surface area contributed by atoms with Crippen molar-refractivity contribution < 1.29 is 4.79 Å². The summed E-state index contributed by atoms with van der Waals surface area (Å²) in [6, 6.07) is 10.2. The molecule has 1 aromatic carbocycles. The molecule has 3 aromatic heterocycles. The number of nitrogen functional groups attached to an aromatic ring is 1. The van der Waals surface area contributed by atoms with Crippen molar-refractivity contribution in [2.75, 3.05) is 5.73 Å². The first-order valence-corrected chi connectivity index (χ1v) is 8.46. The minimum absolute atomic E-state index is 0.400. The number of aromatic nitrogens is 3. The number of fused-ring (bicyclic) bond motifs is 1. The second-order valence-electron chi connectivity index (χ2n) is 5.71. The molecule has 25 heavy (non-hydrogen) atoms. The van der Waals surface area contributed by atoms with E-state index in [-0.39, 0.29) is 0 Å². The van der Waals surface area contributed by atoms with E-state index < -0.39 is 5.91 Å². The van der Waals surface area contributed by atoms with Crippen molar-refractivity contribution in [2.24, 2.45) is 5.73 Å². The van der Waals surface area contributed by atoms with Crippen molar-refractivity contribution in [3.05, 3.63) is 66.4 Å². The maximum Gasteiger partial charge on any atom is 0.251 e. The van der Waals surface area contributed by atoms with Crippen LogP contribution in [0.4, 0.5) is 5.82 Å². The molecule has 0 spiro atoms. The molecule has 0 aliphatic carbocycles. The van der Waals surface area contributed by atoms with Crippen LogP contribution in [0, 0.1) is 0 Å². The van der Waals surface area contributed by atoms with Crippen molar-refractivity contribution in [3.8, 4) is 10.4 Å². The number of carbonyl (C=O) groups is 1. The first-order chi connectivity index (χ1) is 12.1. The number of pyridine rings is 1. The monoisotopic (exact) mass is 349 g/mol. The van der Waals surface area contributed by atoms with Gasteiger partial charge in [-0.3, -0.25) is 4.79 Å². The summed E-state index contributed by atoms with van der Waals surface area (Å²) in [6.45, 7) is 0.773. The summed E-state index contributed by atoms with van der Waals surface area (Å²) in [4.78, 5) is 20.7. The highest BCUT2D eigenvalue weighted by atomic mass is 32.1. The largest absolute Gasteiger partial charge is 0.383 e. The summed E-state index contributed by atoms with van der Waals surface area (Å²) in [7, 11) is 0. The number of thiophene rings is 1. The number of rotatable bonds is 4. The van der Waals surface area contributed by atoms with Crippen molar-refractivity contribution in [2.45, 2.75) is 6.54 Å².